The second kappa shape index (κ2) is 42.7. The summed E-state index contributed by atoms with van der Waals surface area (Å²) in [5, 5.41) is 0. The van der Waals surface area contributed by atoms with Crippen LogP contribution in [0.25, 0.3) is 0 Å². The van der Waals surface area contributed by atoms with Gasteiger partial charge in [0.2, 0.25) is 0 Å². The Morgan fingerprint density at radius 3 is 1.45 bits per heavy atom. The van der Waals surface area contributed by atoms with Crippen LogP contribution in [0.4, 0.5) is 0 Å². The van der Waals surface area contributed by atoms with E-state index in [1.165, 1.54) is 0 Å². The van der Waals surface area contributed by atoms with Crippen LogP contribution in [0.3, 0.4) is 0 Å². The highest BCUT2D eigenvalue weighted by Gasteiger charge is 1.97. The van der Waals surface area contributed by atoms with E-state index in [1.54, 1.807) is 6.92 Å². The molecule has 0 aromatic heterocycles. The third-order valence-electron chi connectivity index (χ3n) is 1.53. The molecule has 0 unspecified atom stereocenters. The first kappa shape index (κ1) is 32.6. The Morgan fingerprint density at radius 2 is 1.14 bits per heavy atom. The lowest BCUT2D eigenvalue weighted by Gasteiger charge is -2.01. The number of rotatable bonds is 3. The van der Waals surface area contributed by atoms with Crippen LogP contribution in [-0.4, -0.2) is 5.97 Å². The molecule has 0 aliphatic rings. The Kier molecular flexibility index (Phi) is 63.3. The summed E-state index contributed by atoms with van der Waals surface area (Å²) in [6.07, 6.45) is 0.437. The van der Waals surface area contributed by atoms with Crippen molar-refractivity contribution in [1.29, 1.82) is 0 Å². The molecule has 1 rings (SSSR count). The number of hydrogen-bond acceptors (Lipinski definition) is 2. The zero-order chi connectivity index (χ0) is 18.8. The molecule has 2 nitrogen and oxygen atoms in total. The van der Waals surface area contributed by atoms with Gasteiger partial charge in [0.15, 0.2) is 0 Å². The Hall–Kier alpha value is -1.31. The molecule has 0 radical (unpaired) electrons. The van der Waals surface area contributed by atoms with E-state index in [4.69, 9.17) is 4.74 Å². The Morgan fingerprint density at radius 1 is 0.773 bits per heavy atom. The van der Waals surface area contributed by atoms with E-state index in [0.717, 1.165) is 5.56 Å². The van der Waals surface area contributed by atoms with Gasteiger partial charge in [0.05, 0.1) is 0 Å². The van der Waals surface area contributed by atoms with Gasteiger partial charge in [-0.15, -0.1) is 0 Å². The third kappa shape index (κ3) is 31.2. The van der Waals surface area contributed by atoms with Crippen LogP contribution in [0.2, 0.25) is 0 Å². The molecule has 0 amide bonds. The van der Waals surface area contributed by atoms with Crippen molar-refractivity contribution in [2.45, 2.75) is 89.2 Å². The Labute approximate surface area is 141 Å². The molecule has 0 atom stereocenters. The van der Waals surface area contributed by atoms with Crippen LogP contribution in [0.5, 0.6) is 0 Å². The van der Waals surface area contributed by atoms with Crippen LogP contribution in [0.15, 0.2) is 30.3 Å². The quantitative estimate of drug-likeness (QED) is 0.548. The summed E-state index contributed by atoms with van der Waals surface area (Å²) in [5.74, 6) is -0.154. The highest BCUT2D eigenvalue weighted by Crippen LogP contribution is 2.00. The molecular formula is C20H42O2. The van der Waals surface area contributed by atoms with Gasteiger partial charge in [-0.25, -0.2) is 0 Å². The molecule has 0 saturated carbocycles. The van der Waals surface area contributed by atoms with Gasteiger partial charge in [-0.1, -0.05) is 106 Å². The SMILES string of the molecule is CC.CC.CC.CC.CC.CCC(=O)OCc1ccccc1. The minimum absolute atomic E-state index is 0.154. The smallest absolute Gasteiger partial charge is 0.305 e. The molecule has 1 aromatic carbocycles. The van der Waals surface area contributed by atoms with Gasteiger partial charge in [-0.3, -0.25) is 4.79 Å². The Bertz CT molecular complexity index is 243. The lowest BCUT2D eigenvalue weighted by Crippen LogP contribution is -2.01. The van der Waals surface area contributed by atoms with Gasteiger partial charge in [0.25, 0.3) is 0 Å². The van der Waals surface area contributed by atoms with Crippen LogP contribution in [0, 0.1) is 0 Å². The lowest BCUT2D eigenvalue weighted by atomic mass is 10.2. The van der Waals surface area contributed by atoms with E-state index in [9.17, 15) is 4.79 Å². The summed E-state index contributed by atoms with van der Waals surface area (Å²) in [6.45, 7) is 22.2. The highest BCUT2D eigenvalue weighted by molar-refractivity contribution is 5.68. The molecule has 2 heteroatoms. The molecule has 0 aliphatic carbocycles. The molecule has 0 bridgehead atoms. The largest absolute Gasteiger partial charge is 0.461 e. The normalized spacial score (nSPS) is 6.50. The fourth-order valence-corrected chi connectivity index (χ4v) is 0.840. The minimum atomic E-state index is -0.154. The summed E-state index contributed by atoms with van der Waals surface area (Å²) >= 11 is 0. The zero-order valence-electron chi connectivity index (χ0n) is 17.1. The summed E-state index contributed by atoms with van der Waals surface area (Å²) < 4.78 is 4.94. The standard InChI is InChI=1S/C10H12O2.5C2H6/c1-2-10(11)12-8-9-6-4-3-5-7-9;5*1-2/h3-7H,2,8H2,1H3;5*1-2H3. The Balaban J connectivity index is -0.0000000822. The maximum Gasteiger partial charge on any atom is 0.305 e. The molecule has 0 heterocycles. The van der Waals surface area contributed by atoms with Gasteiger partial charge in [-0.2, -0.15) is 0 Å². The summed E-state index contributed by atoms with van der Waals surface area (Å²) in [7, 11) is 0. The van der Waals surface area contributed by atoms with Gasteiger partial charge in [0.1, 0.15) is 6.61 Å². The molecule has 0 spiro atoms. The topological polar surface area (TPSA) is 26.3 Å². The number of ether oxygens (including phenoxy) is 1. The highest BCUT2D eigenvalue weighted by atomic mass is 16.5. The number of benzene rings is 1. The molecule has 0 fully saturated rings. The van der Waals surface area contributed by atoms with Gasteiger partial charge < -0.3 is 4.74 Å². The lowest BCUT2D eigenvalue weighted by molar-refractivity contribution is -0.144. The fourth-order valence-electron chi connectivity index (χ4n) is 0.840. The average Bonchev–Trinajstić information content (AvgIpc) is 2.68. The van der Waals surface area contributed by atoms with Crippen LogP contribution >= 0.6 is 0 Å². The van der Waals surface area contributed by atoms with E-state index in [1.807, 2.05) is 99.6 Å². The monoisotopic (exact) mass is 314 g/mol. The van der Waals surface area contributed by atoms with Gasteiger partial charge >= 0.3 is 5.97 Å². The number of carbonyl (C=O) groups excluding carboxylic acids is 1. The third-order valence-corrected chi connectivity index (χ3v) is 1.53. The van der Waals surface area contributed by atoms with Crippen LogP contribution in [-0.2, 0) is 16.1 Å². The molecular weight excluding hydrogens is 272 g/mol. The second-order valence-electron chi connectivity index (χ2n) is 2.50. The molecule has 1 aromatic rings. The first-order valence-electron chi connectivity index (χ1n) is 9.02. The van der Waals surface area contributed by atoms with E-state index < -0.39 is 0 Å². The van der Waals surface area contributed by atoms with Crippen molar-refractivity contribution in [1.82, 2.24) is 0 Å². The number of hydrogen-bond donors (Lipinski definition) is 0. The minimum Gasteiger partial charge on any atom is -0.461 e. The first-order chi connectivity index (χ1) is 10.8. The molecule has 0 aliphatic heterocycles. The summed E-state index contributed by atoms with van der Waals surface area (Å²) in [4.78, 5) is 10.8. The van der Waals surface area contributed by atoms with Crippen molar-refractivity contribution in [2.75, 3.05) is 0 Å². The van der Waals surface area contributed by atoms with Crippen LogP contribution < -0.4 is 0 Å². The molecule has 0 saturated heterocycles. The van der Waals surface area contributed by atoms with Gasteiger partial charge in [0, 0.05) is 6.42 Å². The van der Waals surface area contributed by atoms with Crippen molar-refractivity contribution >= 4 is 5.97 Å². The van der Waals surface area contributed by atoms with Crippen molar-refractivity contribution in [3.8, 4) is 0 Å². The molecule has 22 heavy (non-hydrogen) atoms. The fraction of sp³-hybridized carbons (Fsp3) is 0.650. The summed E-state index contributed by atoms with van der Waals surface area (Å²) in [6, 6.07) is 9.65. The van der Waals surface area contributed by atoms with Crippen molar-refractivity contribution in [3.05, 3.63) is 35.9 Å². The van der Waals surface area contributed by atoms with Crippen LogP contribution in [0.1, 0.15) is 88.1 Å². The van der Waals surface area contributed by atoms with E-state index in [0.29, 0.717) is 13.0 Å². The average molecular weight is 315 g/mol. The molecule has 0 N–H and O–H groups in total. The first-order valence-corrected chi connectivity index (χ1v) is 9.02. The van der Waals surface area contributed by atoms with Crippen molar-refractivity contribution in [2.24, 2.45) is 0 Å². The summed E-state index contributed by atoms with van der Waals surface area (Å²) in [5.41, 5.74) is 1.03. The van der Waals surface area contributed by atoms with E-state index in [-0.39, 0.29) is 5.97 Å². The second-order valence-corrected chi connectivity index (χ2v) is 2.50. The van der Waals surface area contributed by atoms with E-state index in [2.05, 4.69) is 0 Å². The molecule has 134 valence electrons. The van der Waals surface area contributed by atoms with Crippen molar-refractivity contribution < 1.29 is 9.53 Å². The maximum atomic E-state index is 10.8. The number of esters is 1. The van der Waals surface area contributed by atoms with Gasteiger partial charge in [-0.05, 0) is 5.56 Å². The predicted octanol–water partition coefficient (Wildman–Crippen LogP) is 7.27. The predicted molar refractivity (Wildman–Crippen MR) is 103 cm³/mol. The number of carbonyl (C=O) groups is 1. The van der Waals surface area contributed by atoms with E-state index >= 15 is 0 Å². The maximum absolute atomic E-state index is 10.8. The zero-order valence-corrected chi connectivity index (χ0v) is 17.1. The van der Waals surface area contributed by atoms with Crippen molar-refractivity contribution in [3.63, 3.8) is 0 Å².